The Morgan fingerprint density at radius 2 is 1.71 bits per heavy atom. The van der Waals surface area contributed by atoms with Gasteiger partial charge in [-0.2, -0.15) is 0 Å². The van der Waals surface area contributed by atoms with Gasteiger partial charge >= 0.3 is 0 Å². The summed E-state index contributed by atoms with van der Waals surface area (Å²) in [6, 6.07) is 19.1. The van der Waals surface area contributed by atoms with E-state index >= 15 is 0 Å². The Kier molecular flexibility index (Phi) is 8.44. The van der Waals surface area contributed by atoms with E-state index in [2.05, 4.69) is 21.6 Å². The molecule has 10 nitrogen and oxygen atoms in total. The van der Waals surface area contributed by atoms with Crippen LogP contribution in [0.2, 0.25) is 0 Å². The smallest absolute Gasteiger partial charge is 0.251 e. The van der Waals surface area contributed by atoms with Crippen LogP contribution in [0.4, 0.5) is 5.69 Å². The largest absolute Gasteiger partial charge is 0.493 e. The van der Waals surface area contributed by atoms with E-state index in [9.17, 15) is 9.59 Å². The minimum atomic E-state index is -0.347. The molecule has 0 saturated heterocycles. The predicted octanol–water partition coefficient (Wildman–Crippen LogP) is 4.21. The van der Waals surface area contributed by atoms with Crippen LogP contribution in [0.25, 0.3) is 5.69 Å². The summed E-state index contributed by atoms with van der Waals surface area (Å²) < 4.78 is 18.0. The van der Waals surface area contributed by atoms with E-state index < -0.39 is 0 Å². The summed E-state index contributed by atoms with van der Waals surface area (Å²) in [5.41, 5.74) is 4.39. The number of carbonyl (C=O) groups excluding carboxylic acids is 2. The lowest BCUT2D eigenvalue weighted by molar-refractivity contribution is -0.116. The number of methoxy groups -OCH3 is 3. The van der Waals surface area contributed by atoms with E-state index in [4.69, 9.17) is 14.2 Å². The highest BCUT2D eigenvalue weighted by Crippen LogP contribution is 2.38. The van der Waals surface area contributed by atoms with Crippen LogP contribution >= 0.6 is 11.8 Å². The molecule has 3 aromatic carbocycles. The Hall–Kier alpha value is -4.51. The van der Waals surface area contributed by atoms with E-state index in [-0.39, 0.29) is 24.1 Å². The third-order valence-corrected chi connectivity index (χ3v) is 7.72. The molecule has 1 aromatic heterocycles. The molecule has 2 amide bonds. The number of ether oxygens (including phenoxy) is 3. The molecule has 212 valence electrons. The fraction of sp³-hybridized carbons (Fsp3) is 0.267. The molecule has 0 bridgehead atoms. The second-order valence-corrected chi connectivity index (χ2v) is 10.3. The zero-order valence-corrected chi connectivity index (χ0v) is 24.2. The first-order chi connectivity index (χ1) is 19.9. The van der Waals surface area contributed by atoms with Crippen molar-refractivity contribution in [2.75, 3.05) is 38.5 Å². The maximum absolute atomic E-state index is 13.2. The van der Waals surface area contributed by atoms with Crippen molar-refractivity contribution < 1.29 is 23.8 Å². The number of aromatic nitrogens is 3. The zero-order valence-electron chi connectivity index (χ0n) is 23.3. The van der Waals surface area contributed by atoms with E-state index in [0.29, 0.717) is 40.3 Å². The van der Waals surface area contributed by atoms with Crippen molar-refractivity contribution in [1.82, 2.24) is 20.1 Å². The third-order valence-electron chi connectivity index (χ3n) is 6.81. The summed E-state index contributed by atoms with van der Waals surface area (Å²) >= 11 is 1.32. The Balaban J connectivity index is 1.36. The summed E-state index contributed by atoms with van der Waals surface area (Å²) in [6.07, 6.45) is 0.849. The van der Waals surface area contributed by atoms with Crippen molar-refractivity contribution in [3.63, 3.8) is 0 Å². The molecular formula is C30H31N5O5S. The fourth-order valence-electron chi connectivity index (χ4n) is 4.81. The summed E-state index contributed by atoms with van der Waals surface area (Å²) in [5.74, 6) is 1.55. The van der Waals surface area contributed by atoms with Gasteiger partial charge in [0, 0.05) is 23.5 Å². The van der Waals surface area contributed by atoms with Gasteiger partial charge in [0.25, 0.3) is 5.91 Å². The van der Waals surface area contributed by atoms with Crippen LogP contribution in [0.5, 0.6) is 17.2 Å². The molecular weight excluding hydrogens is 542 g/mol. The van der Waals surface area contributed by atoms with Crippen molar-refractivity contribution in [2.24, 2.45) is 0 Å². The Labute approximate surface area is 242 Å². The number of hydrogen-bond acceptors (Lipinski definition) is 8. The Bertz CT molecular complexity index is 1560. The van der Waals surface area contributed by atoms with Crippen LogP contribution in [-0.4, -0.2) is 60.2 Å². The summed E-state index contributed by atoms with van der Waals surface area (Å²) in [5, 5.41) is 12.2. The number of fused-ring (bicyclic) bond motifs is 1. The summed E-state index contributed by atoms with van der Waals surface area (Å²) in [4.78, 5) is 28.2. The van der Waals surface area contributed by atoms with E-state index in [0.717, 1.165) is 23.4 Å². The monoisotopic (exact) mass is 573 g/mol. The molecule has 0 aliphatic carbocycles. The average Bonchev–Trinajstić information content (AvgIpc) is 3.62. The van der Waals surface area contributed by atoms with Crippen LogP contribution in [0.3, 0.4) is 0 Å². The lowest BCUT2D eigenvalue weighted by atomic mass is 10.1. The van der Waals surface area contributed by atoms with Crippen LogP contribution in [-0.2, 0) is 17.8 Å². The first-order valence-corrected chi connectivity index (χ1v) is 14.0. The maximum Gasteiger partial charge on any atom is 0.251 e. The molecule has 0 atom stereocenters. The third kappa shape index (κ3) is 5.85. The number of aryl methyl sites for hydroxylation is 1. The Morgan fingerprint density at radius 3 is 2.41 bits per heavy atom. The highest BCUT2D eigenvalue weighted by molar-refractivity contribution is 7.99. The number of nitrogens with zero attached hydrogens (tertiary/aromatic N) is 4. The quantitative estimate of drug-likeness (QED) is 0.281. The standard InChI is InChI=1S/C30H31N5O5S/c1-19-8-7-10-22(14-19)35-26(17-31-29(37)21-15-24(38-2)28(40-4)25(16-21)39-3)32-33-30(35)41-18-27(36)34-13-12-20-9-5-6-11-23(20)34/h5-11,14-16H,12-13,17-18H2,1-4H3,(H,31,37). The van der Waals surface area contributed by atoms with Crippen molar-refractivity contribution >= 4 is 29.3 Å². The molecule has 1 N–H and O–H groups in total. The van der Waals surface area contributed by atoms with Gasteiger partial charge in [0.05, 0.1) is 33.6 Å². The number of rotatable bonds is 10. The van der Waals surface area contributed by atoms with Crippen molar-refractivity contribution in [3.8, 4) is 22.9 Å². The molecule has 4 aromatic rings. The van der Waals surface area contributed by atoms with Crippen molar-refractivity contribution in [2.45, 2.75) is 25.0 Å². The number of thioether (sulfide) groups is 1. The Morgan fingerprint density at radius 1 is 0.951 bits per heavy atom. The number of amides is 2. The molecule has 1 aliphatic heterocycles. The second kappa shape index (κ2) is 12.3. The van der Waals surface area contributed by atoms with Gasteiger partial charge in [-0.05, 0) is 54.8 Å². The van der Waals surface area contributed by atoms with Gasteiger partial charge < -0.3 is 24.4 Å². The highest BCUT2D eigenvalue weighted by Gasteiger charge is 2.25. The lowest BCUT2D eigenvalue weighted by Gasteiger charge is -2.17. The summed E-state index contributed by atoms with van der Waals surface area (Å²) in [6.45, 7) is 2.77. The van der Waals surface area contributed by atoms with Gasteiger partial charge in [0.2, 0.25) is 11.7 Å². The van der Waals surface area contributed by atoms with E-state index in [1.54, 1.807) is 12.1 Å². The van der Waals surface area contributed by atoms with Crippen LogP contribution in [0, 0.1) is 6.92 Å². The SMILES string of the molecule is COc1cc(C(=O)NCc2nnc(SCC(=O)N3CCc4ccccc43)n2-c2cccc(C)c2)cc(OC)c1OC. The molecule has 5 rings (SSSR count). The molecule has 11 heteroatoms. The number of benzene rings is 3. The van der Waals surface area contributed by atoms with Gasteiger partial charge in [-0.3, -0.25) is 14.2 Å². The van der Waals surface area contributed by atoms with Crippen LogP contribution in [0.1, 0.15) is 27.3 Å². The number of para-hydroxylation sites is 1. The van der Waals surface area contributed by atoms with Crippen LogP contribution in [0.15, 0.2) is 65.8 Å². The molecule has 0 saturated carbocycles. The molecule has 0 radical (unpaired) electrons. The molecule has 1 aliphatic rings. The van der Waals surface area contributed by atoms with Gasteiger partial charge in [0.1, 0.15) is 0 Å². The molecule has 0 fully saturated rings. The molecule has 0 unspecified atom stereocenters. The average molecular weight is 574 g/mol. The highest BCUT2D eigenvalue weighted by atomic mass is 32.2. The number of anilines is 1. The molecule has 0 spiro atoms. The van der Waals surface area contributed by atoms with Gasteiger partial charge in [-0.15, -0.1) is 10.2 Å². The second-order valence-electron chi connectivity index (χ2n) is 9.38. The minimum absolute atomic E-state index is 0.0102. The first-order valence-electron chi connectivity index (χ1n) is 13.0. The zero-order chi connectivity index (χ0) is 28.9. The maximum atomic E-state index is 13.2. The number of nitrogens with one attached hydrogen (secondary N) is 1. The van der Waals surface area contributed by atoms with Crippen molar-refractivity contribution in [1.29, 1.82) is 0 Å². The van der Waals surface area contributed by atoms with Crippen molar-refractivity contribution in [3.05, 3.63) is 83.2 Å². The number of carbonyl (C=O) groups is 2. The molecule has 2 heterocycles. The van der Waals surface area contributed by atoms with Crippen LogP contribution < -0.4 is 24.4 Å². The van der Waals surface area contributed by atoms with Gasteiger partial charge in [-0.1, -0.05) is 42.1 Å². The lowest BCUT2D eigenvalue weighted by Crippen LogP contribution is -2.30. The normalized spacial score (nSPS) is 12.1. The predicted molar refractivity (Wildman–Crippen MR) is 157 cm³/mol. The molecule has 41 heavy (non-hydrogen) atoms. The van der Waals surface area contributed by atoms with E-state index in [1.807, 2.05) is 58.9 Å². The number of hydrogen-bond donors (Lipinski definition) is 1. The fourth-order valence-corrected chi connectivity index (χ4v) is 5.66. The minimum Gasteiger partial charge on any atom is -0.493 e. The van der Waals surface area contributed by atoms with E-state index in [1.165, 1.54) is 38.7 Å². The topological polar surface area (TPSA) is 108 Å². The van der Waals surface area contributed by atoms with Gasteiger partial charge in [-0.25, -0.2) is 0 Å². The summed E-state index contributed by atoms with van der Waals surface area (Å²) in [7, 11) is 4.50. The first kappa shape index (κ1) is 28.0. The van der Waals surface area contributed by atoms with Gasteiger partial charge in [0.15, 0.2) is 22.5 Å².